The van der Waals surface area contributed by atoms with Crippen molar-refractivity contribution in [2.24, 2.45) is 0 Å². The Bertz CT molecular complexity index is 1210. The summed E-state index contributed by atoms with van der Waals surface area (Å²) in [6.45, 7) is 17.4. The molecule has 1 aliphatic carbocycles. The van der Waals surface area contributed by atoms with Crippen LogP contribution < -0.4 is 24.8 Å². The van der Waals surface area contributed by atoms with E-state index < -0.39 is 0 Å². The third-order valence-corrected chi connectivity index (χ3v) is 7.53. The molecule has 0 saturated carbocycles. The van der Waals surface area contributed by atoms with Crippen LogP contribution in [-0.4, -0.2) is 5.25 Å². The van der Waals surface area contributed by atoms with Crippen LogP contribution in [0.2, 0.25) is 0 Å². The van der Waals surface area contributed by atoms with Crippen molar-refractivity contribution in [1.29, 1.82) is 0 Å². The van der Waals surface area contributed by atoms with Gasteiger partial charge in [0.25, 0.3) is 0 Å². The average Bonchev–Trinajstić information content (AvgIpc) is 3.34. The molecule has 34 heavy (non-hydrogen) atoms. The third kappa shape index (κ3) is 6.64. The summed E-state index contributed by atoms with van der Waals surface area (Å²) >= 11 is 1.95. The summed E-state index contributed by atoms with van der Waals surface area (Å²) in [4.78, 5) is 1.47. The molecule has 1 atom stereocenters. The van der Waals surface area contributed by atoms with E-state index in [4.69, 9.17) is 0 Å². The number of hydrogen-bond acceptors (Lipinski definition) is 1. The predicted octanol–water partition coefficient (Wildman–Crippen LogP) is 3.12. The molecular weight excluding hydrogens is 555 g/mol. The number of thioether (sulfide) groups is 1. The first-order chi connectivity index (χ1) is 14.6. The number of rotatable bonds is 1. The van der Waals surface area contributed by atoms with Crippen molar-refractivity contribution in [1.82, 2.24) is 0 Å². The molecule has 0 nitrogen and oxygen atoms in total. The topological polar surface area (TPSA) is 0 Å². The summed E-state index contributed by atoms with van der Waals surface area (Å²) in [5, 5.41) is 3.30. The van der Waals surface area contributed by atoms with E-state index in [0.29, 0.717) is 5.25 Å². The van der Waals surface area contributed by atoms with Gasteiger partial charge in [-0.1, -0.05) is 75.7 Å². The van der Waals surface area contributed by atoms with Gasteiger partial charge in [-0.15, -0.1) is 46.3 Å². The van der Waals surface area contributed by atoms with Gasteiger partial charge in [0.1, 0.15) is 0 Å². The van der Waals surface area contributed by atoms with Gasteiger partial charge in [0, 0.05) is 10.2 Å². The van der Waals surface area contributed by atoms with Gasteiger partial charge >= 0.3 is 26.2 Å². The summed E-state index contributed by atoms with van der Waals surface area (Å²) in [6.07, 6.45) is 3.44. The molecule has 0 spiro atoms. The van der Waals surface area contributed by atoms with E-state index in [0.717, 1.165) is 6.42 Å². The standard InChI is InChI=1S/C20H21.C10H12S.2ClH.Zr/c1-14-12-16-6-5-7-18(19(16)13-14)15-8-10-17(11-9-15)20(2,3)4;1-6-4-9-7(2)8(3)11-10(9)5-6;;;/h5-13H,1-4H3;5,8H,2,4H2,1,3H3;2*1H;/q-1;;;;+3/p-2. The van der Waals surface area contributed by atoms with Crippen LogP contribution in [0, 0.1) is 6.92 Å². The Morgan fingerprint density at radius 3 is 2.24 bits per heavy atom. The second-order valence-electron chi connectivity index (χ2n) is 9.96. The maximum atomic E-state index is 4.10. The summed E-state index contributed by atoms with van der Waals surface area (Å²) in [5.74, 6) is 0. The first-order valence-electron chi connectivity index (χ1n) is 11.2. The Morgan fingerprint density at radius 2 is 1.65 bits per heavy atom. The van der Waals surface area contributed by atoms with Crippen molar-refractivity contribution in [3.63, 3.8) is 0 Å². The van der Waals surface area contributed by atoms with Crippen LogP contribution in [0.4, 0.5) is 0 Å². The van der Waals surface area contributed by atoms with Gasteiger partial charge < -0.3 is 24.8 Å². The second kappa shape index (κ2) is 12.4. The fourth-order valence-electron chi connectivity index (χ4n) is 4.40. The van der Waals surface area contributed by atoms with E-state index >= 15 is 0 Å². The Hall–Kier alpha value is -0.917. The van der Waals surface area contributed by atoms with Crippen LogP contribution in [0.3, 0.4) is 0 Å². The van der Waals surface area contributed by atoms with Crippen molar-refractivity contribution >= 4 is 22.5 Å². The Labute approximate surface area is 241 Å². The summed E-state index contributed by atoms with van der Waals surface area (Å²) < 4.78 is 0. The molecule has 1 aliphatic heterocycles. The number of halogens is 2. The summed E-state index contributed by atoms with van der Waals surface area (Å²) in [6, 6.07) is 20.1. The van der Waals surface area contributed by atoms with Crippen LogP contribution in [0.15, 0.2) is 88.9 Å². The first kappa shape index (κ1) is 31.1. The fraction of sp³-hybridized carbons (Fsp3) is 0.300. The minimum atomic E-state index is 0. The van der Waals surface area contributed by atoms with Crippen LogP contribution in [0.25, 0.3) is 21.9 Å². The van der Waals surface area contributed by atoms with Crippen molar-refractivity contribution in [2.45, 2.75) is 58.6 Å². The summed E-state index contributed by atoms with van der Waals surface area (Å²) in [7, 11) is 0. The minimum Gasteiger partial charge on any atom is -1.00 e. The van der Waals surface area contributed by atoms with E-state index in [1.807, 2.05) is 11.8 Å². The molecule has 0 aromatic heterocycles. The first-order valence-corrected chi connectivity index (χ1v) is 12.0. The predicted molar refractivity (Wildman–Crippen MR) is 140 cm³/mol. The van der Waals surface area contributed by atoms with E-state index in [9.17, 15) is 0 Å². The molecular formula is C30H33Cl2SZr. The third-order valence-electron chi connectivity index (χ3n) is 6.27. The van der Waals surface area contributed by atoms with Gasteiger partial charge in [0.15, 0.2) is 0 Å². The molecule has 1 unspecified atom stereocenters. The number of allylic oxidation sites excluding steroid dienone is 3. The molecule has 5 rings (SSSR count). The molecule has 0 amide bonds. The molecule has 0 saturated heterocycles. The Morgan fingerprint density at radius 1 is 1.00 bits per heavy atom. The second-order valence-corrected chi connectivity index (χ2v) is 11.3. The molecule has 177 valence electrons. The molecule has 2 aliphatic rings. The smallest absolute Gasteiger partial charge is 1.00 e. The number of fused-ring (bicyclic) bond motifs is 1. The number of benzene rings is 2. The average molecular weight is 588 g/mol. The van der Waals surface area contributed by atoms with Crippen molar-refractivity contribution in [3.8, 4) is 11.1 Å². The maximum Gasteiger partial charge on any atom is 3.00 e. The van der Waals surface area contributed by atoms with Gasteiger partial charge in [-0.25, -0.2) is 0 Å². The number of aryl methyl sites for hydroxylation is 1. The molecule has 4 heteroatoms. The van der Waals surface area contributed by atoms with Crippen molar-refractivity contribution < 1.29 is 51.0 Å². The molecule has 0 bridgehead atoms. The normalized spacial score (nSPS) is 16.6. The van der Waals surface area contributed by atoms with Crippen LogP contribution >= 0.6 is 11.8 Å². The molecule has 0 N–H and O–H groups in total. The zero-order valence-corrected chi connectivity index (χ0v) is 25.7. The summed E-state index contributed by atoms with van der Waals surface area (Å²) in [5.41, 5.74) is 9.88. The van der Waals surface area contributed by atoms with Crippen LogP contribution in [0.5, 0.6) is 0 Å². The van der Waals surface area contributed by atoms with Gasteiger partial charge in [-0.05, 0) is 54.0 Å². The maximum absolute atomic E-state index is 4.10. The molecule has 0 fully saturated rings. The number of hydrogen-bond donors (Lipinski definition) is 0. The SMILES string of the molecule is C=C1C2=C(C=C(C)C2)SC1C.Cc1cc2c(-c3ccc(C(C)(C)C)cc3)cccc2[cH-]1.[Cl-].[Cl-].[Zr+3]. The molecule has 3 aromatic carbocycles. The van der Waals surface area contributed by atoms with E-state index in [1.54, 1.807) is 0 Å². The largest absolute Gasteiger partial charge is 3.00 e. The van der Waals surface area contributed by atoms with Crippen LogP contribution in [0.1, 0.15) is 52.2 Å². The Balaban J connectivity index is 0.000000356. The van der Waals surface area contributed by atoms with E-state index in [1.165, 1.54) is 54.7 Å². The quantitative estimate of drug-likeness (QED) is 0.395. The van der Waals surface area contributed by atoms with Gasteiger partial charge in [0.2, 0.25) is 0 Å². The molecule has 3 aromatic rings. The van der Waals surface area contributed by atoms with Gasteiger partial charge in [-0.2, -0.15) is 6.07 Å². The monoisotopic (exact) mass is 585 g/mol. The van der Waals surface area contributed by atoms with Gasteiger partial charge in [0.05, 0.1) is 0 Å². The van der Waals surface area contributed by atoms with Gasteiger partial charge in [-0.3, -0.25) is 0 Å². The van der Waals surface area contributed by atoms with Crippen molar-refractivity contribution in [2.75, 3.05) is 0 Å². The fourth-order valence-corrected chi connectivity index (χ4v) is 5.68. The van der Waals surface area contributed by atoms with E-state index in [-0.39, 0.29) is 56.4 Å². The molecule has 1 radical (unpaired) electrons. The minimum absolute atomic E-state index is 0. The molecule has 1 heterocycles. The van der Waals surface area contributed by atoms with Crippen molar-refractivity contribution in [3.05, 3.63) is 100 Å². The zero-order valence-electron chi connectivity index (χ0n) is 20.9. The zero-order chi connectivity index (χ0) is 22.3. The van der Waals surface area contributed by atoms with Crippen LogP contribution in [-0.2, 0) is 31.6 Å². The Kier molecular flexibility index (Phi) is 11.3. The van der Waals surface area contributed by atoms with E-state index in [2.05, 4.69) is 109 Å².